The molecule has 3 aromatic rings. The highest BCUT2D eigenvalue weighted by molar-refractivity contribution is 6.05. The van der Waals surface area contributed by atoms with Crippen molar-refractivity contribution in [3.63, 3.8) is 0 Å². The van der Waals surface area contributed by atoms with Gasteiger partial charge in [0.2, 0.25) is 0 Å². The highest BCUT2D eigenvalue weighted by Gasteiger charge is 2.10. The lowest BCUT2D eigenvalue weighted by Gasteiger charge is -2.12. The summed E-state index contributed by atoms with van der Waals surface area (Å²) in [5, 5.41) is 16.6. The molecule has 2 N–H and O–H groups in total. The van der Waals surface area contributed by atoms with Gasteiger partial charge in [0, 0.05) is 29.6 Å². The Morgan fingerprint density at radius 3 is 2.36 bits per heavy atom. The Morgan fingerprint density at radius 1 is 0.960 bits per heavy atom. The lowest BCUT2D eigenvalue weighted by Crippen LogP contribution is -2.13. The molecule has 1 heterocycles. The molecule has 0 saturated heterocycles. The summed E-state index contributed by atoms with van der Waals surface area (Å²) in [6, 6.07) is 16.6. The van der Waals surface area contributed by atoms with Gasteiger partial charge in [-0.05, 0) is 30.3 Å². The van der Waals surface area contributed by atoms with Crippen molar-refractivity contribution in [1.82, 2.24) is 4.98 Å². The highest BCUT2D eigenvalue weighted by atomic mass is 16.6. The summed E-state index contributed by atoms with van der Waals surface area (Å²) < 4.78 is 0. The van der Waals surface area contributed by atoms with Crippen molar-refractivity contribution in [2.24, 2.45) is 0 Å². The minimum Gasteiger partial charge on any atom is -0.354 e. The summed E-state index contributed by atoms with van der Waals surface area (Å²) in [7, 11) is 0. The van der Waals surface area contributed by atoms with Crippen LogP contribution in [0.3, 0.4) is 0 Å². The summed E-state index contributed by atoms with van der Waals surface area (Å²) in [5.41, 5.74) is 2.35. The van der Waals surface area contributed by atoms with Crippen LogP contribution in [0.1, 0.15) is 10.4 Å². The lowest BCUT2D eigenvalue weighted by molar-refractivity contribution is -0.384. The van der Waals surface area contributed by atoms with Crippen molar-refractivity contribution < 1.29 is 9.72 Å². The quantitative estimate of drug-likeness (QED) is 0.543. The van der Waals surface area contributed by atoms with E-state index in [1.165, 1.54) is 18.3 Å². The number of nitro benzene ring substituents is 1. The second-order valence-corrected chi connectivity index (χ2v) is 5.17. The van der Waals surface area contributed by atoms with Crippen molar-refractivity contribution in [2.75, 3.05) is 10.6 Å². The van der Waals surface area contributed by atoms with Gasteiger partial charge in [0.05, 0.1) is 22.5 Å². The lowest BCUT2D eigenvalue weighted by atomic mass is 10.2. The van der Waals surface area contributed by atoms with Crippen molar-refractivity contribution in [2.45, 2.75) is 0 Å². The Labute approximate surface area is 143 Å². The van der Waals surface area contributed by atoms with Gasteiger partial charge in [-0.25, -0.2) is 0 Å². The van der Waals surface area contributed by atoms with Crippen LogP contribution in [0.2, 0.25) is 0 Å². The first-order valence-corrected chi connectivity index (χ1v) is 7.45. The van der Waals surface area contributed by atoms with E-state index < -0.39 is 4.92 Å². The van der Waals surface area contributed by atoms with E-state index in [0.29, 0.717) is 22.6 Å². The molecule has 0 atom stereocenters. The molecule has 3 rings (SSSR count). The third-order valence-electron chi connectivity index (χ3n) is 3.46. The molecule has 0 saturated carbocycles. The van der Waals surface area contributed by atoms with Crippen LogP contribution in [0.5, 0.6) is 0 Å². The number of benzene rings is 2. The molecule has 124 valence electrons. The van der Waals surface area contributed by atoms with Crippen LogP contribution >= 0.6 is 0 Å². The average Bonchev–Trinajstić information content (AvgIpc) is 2.64. The molecule has 25 heavy (non-hydrogen) atoms. The number of hydrogen-bond donors (Lipinski definition) is 2. The van der Waals surface area contributed by atoms with Gasteiger partial charge in [-0.15, -0.1) is 0 Å². The number of anilines is 3. The highest BCUT2D eigenvalue weighted by Crippen LogP contribution is 2.26. The van der Waals surface area contributed by atoms with Gasteiger partial charge < -0.3 is 10.6 Å². The van der Waals surface area contributed by atoms with E-state index in [9.17, 15) is 14.9 Å². The summed E-state index contributed by atoms with van der Waals surface area (Å²) in [4.78, 5) is 26.6. The summed E-state index contributed by atoms with van der Waals surface area (Å²) in [6.07, 6.45) is 3.13. The molecule has 0 radical (unpaired) electrons. The van der Waals surface area contributed by atoms with Crippen molar-refractivity contribution in [1.29, 1.82) is 0 Å². The number of nitro groups is 1. The van der Waals surface area contributed by atoms with Gasteiger partial charge in [-0.1, -0.05) is 18.2 Å². The minimum atomic E-state index is -0.457. The van der Waals surface area contributed by atoms with Crippen LogP contribution in [0.25, 0.3) is 0 Å². The zero-order valence-electron chi connectivity index (χ0n) is 13.0. The second-order valence-electron chi connectivity index (χ2n) is 5.17. The van der Waals surface area contributed by atoms with Crippen LogP contribution in [0.15, 0.2) is 73.1 Å². The van der Waals surface area contributed by atoms with E-state index in [-0.39, 0.29) is 11.6 Å². The van der Waals surface area contributed by atoms with Crippen LogP contribution in [0.4, 0.5) is 22.7 Å². The van der Waals surface area contributed by atoms with E-state index in [0.717, 1.165) is 0 Å². The Kier molecular flexibility index (Phi) is 4.66. The molecule has 7 nitrogen and oxygen atoms in total. The van der Waals surface area contributed by atoms with Gasteiger partial charge in [-0.3, -0.25) is 19.9 Å². The molecule has 0 spiro atoms. The molecule has 0 aliphatic heterocycles. The van der Waals surface area contributed by atoms with Crippen LogP contribution in [-0.2, 0) is 0 Å². The van der Waals surface area contributed by atoms with Crippen LogP contribution in [0, 0.1) is 10.1 Å². The number of rotatable bonds is 5. The second kappa shape index (κ2) is 7.22. The number of amides is 1. The number of carbonyl (C=O) groups excluding carboxylic acids is 1. The smallest absolute Gasteiger partial charge is 0.269 e. The predicted molar refractivity (Wildman–Crippen MR) is 95.0 cm³/mol. The molecule has 0 unspecified atom stereocenters. The maximum atomic E-state index is 12.3. The Bertz CT molecular complexity index is 896. The molecular formula is C18H14N4O3. The number of pyridine rings is 1. The van der Waals surface area contributed by atoms with Crippen molar-refractivity contribution in [3.05, 3.63) is 88.7 Å². The van der Waals surface area contributed by atoms with E-state index in [4.69, 9.17) is 0 Å². The topological polar surface area (TPSA) is 97.2 Å². The molecular weight excluding hydrogens is 320 g/mol. The zero-order chi connectivity index (χ0) is 17.6. The zero-order valence-corrected chi connectivity index (χ0v) is 13.0. The number of hydrogen-bond acceptors (Lipinski definition) is 5. The molecule has 2 aromatic carbocycles. The standard InChI is InChI=1S/C18H14N4O3/c23-18(13-4-2-1-3-5-13)21-17-12-19-11-10-16(17)20-14-6-8-15(9-7-14)22(24)25/h1-12H,(H,19,20)(H,21,23). The fraction of sp³-hybridized carbons (Fsp3) is 0. The fourth-order valence-electron chi connectivity index (χ4n) is 2.21. The van der Waals surface area contributed by atoms with E-state index in [1.807, 2.05) is 6.07 Å². The first kappa shape index (κ1) is 16.1. The average molecular weight is 334 g/mol. The Hall–Kier alpha value is -3.74. The van der Waals surface area contributed by atoms with E-state index in [2.05, 4.69) is 15.6 Å². The molecule has 0 aliphatic rings. The number of non-ortho nitro benzene ring substituents is 1. The predicted octanol–water partition coefficient (Wildman–Crippen LogP) is 3.99. The maximum absolute atomic E-state index is 12.3. The van der Waals surface area contributed by atoms with Gasteiger partial charge in [0.1, 0.15) is 0 Å². The summed E-state index contributed by atoms with van der Waals surface area (Å²) >= 11 is 0. The number of nitrogens with zero attached hydrogens (tertiary/aromatic N) is 2. The monoisotopic (exact) mass is 334 g/mol. The largest absolute Gasteiger partial charge is 0.354 e. The van der Waals surface area contributed by atoms with Crippen LogP contribution in [-0.4, -0.2) is 15.8 Å². The normalized spacial score (nSPS) is 10.1. The van der Waals surface area contributed by atoms with Crippen LogP contribution < -0.4 is 10.6 Å². The number of aromatic nitrogens is 1. The number of carbonyl (C=O) groups is 1. The minimum absolute atomic E-state index is 0.0119. The molecule has 0 bridgehead atoms. The van der Waals surface area contributed by atoms with Crippen molar-refractivity contribution >= 4 is 28.7 Å². The summed E-state index contributed by atoms with van der Waals surface area (Å²) in [6.45, 7) is 0. The molecule has 1 amide bonds. The Balaban J connectivity index is 1.79. The van der Waals surface area contributed by atoms with E-state index in [1.54, 1.807) is 48.7 Å². The maximum Gasteiger partial charge on any atom is 0.269 e. The molecule has 0 aliphatic carbocycles. The van der Waals surface area contributed by atoms with Crippen molar-refractivity contribution in [3.8, 4) is 0 Å². The number of nitrogens with one attached hydrogen (secondary N) is 2. The fourth-order valence-corrected chi connectivity index (χ4v) is 2.21. The molecule has 1 aromatic heterocycles. The molecule has 0 fully saturated rings. The third-order valence-corrected chi connectivity index (χ3v) is 3.46. The first-order valence-electron chi connectivity index (χ1n) is 7.45. The Morgan fingerprint density at radius 2 is 1.68 bits per heavy atom. The summed E-state index contributed by atoms with van der Waals surface area (Å²) in [5.74, 6) is -0.250. The van der Waals surface area contributed by atoms with Gasteiger partial charge in [0.25, 0.3) is 11.6 Å². The molecule has 7 heteroatoms. The van der Waals surface area contributed by atoms with E-state index >= 15 is 0 Å². The van der Waals surface area contributed by atoms with Gasteiger partial charge in [0.15, 0.2) is 0 Å². The SMILES string of the molecule is O=C(Nc1cnccc1Nc1ccc([N+](=O)[O-])cc1)c1ccccc1. The first-order chi connectivity index (χ1) is 12.1. The van der Waals surface area contributed by atoms with Gasteiger partial charge in [-0.2, -0.15) is 0 Å². The third kappa shape index (κ3) is 3.97. The van der Waals surface area contributed by atoms with Gasteiger partial charge >= 0.3 is 0 Å².